The molecular weight excluding hydrogens is 206 g/mol. The molecule has 1 aromatic carbocycles. The van der Waals surface area contributed by atoms with Gasteiger partial charge in [0.1, 0.15) is 5.60 Å². The van der Waals surface area contributed by atoms with Crippen molar-refractivity contribution in [2.75, 3.05) is 12.4 Å². The fourth-order valence-electron chi connectivity index (χ4n) is 1.07. The number of amides is 1. The number of carbonyl (C=O) groups is 1. The smallest absolute Gasteiger partial charge is 0.256 e. The van der Waals surface area contributed by atoms with Gasteiger partial charge in [0.15, 0.2) is 0 Å². The van der Waals surface area contributed by atoms with Crippen molar-refractivity contribution in [1.82, 2.24) is 0 Å². The van der Waals surface area contributed by atoms with Crippen LogP contribution in [0, 0.1) is 0 Å². The third-order valence-electron chi connectivity index (χ3n) is 2.45. The first-order valence-electron chi connectivity index (χ1n) is 5.06. The lowest BCUT2D eigenvalue weighted by Crippen LogP contribution is -2.38. The number of hydrogen-bond donors (Lipinski definition) is 2. The predicted molar refractivity (Wildman–Crippen MR) is 62.1 cm³/mol. The Morgan fingerprint density at radius 1 is 1.38 bits per heavy atom. The molecule has 1 amide bonds. The van der Waals surface area contributed by atoms with E-state index in [1.165, 1.54) is 7.11 Å². The zero-order valence-electron chi connectivity index (χ0n) is 9.78. The molecule has 0 radical (unpaired) electrons. The van der Waals surface area contributed by atoms with E-state index in [1.807, 2.05) is 0 Å². The Bertz CT molecular complexity index is 357. The van der Waals surface area contributed by atoms with Gasteiger partial charge in [-0.05, 0) is 31.5 Å². The number of nitrogens with one attached hydrogen (secondary N) is 1. The highest BCUT2D eigenvalue weighted by molar-refractivity contribution is 5.96. The predicted octanol–water partition coefficient (Wildman–Crippen LogP) is 1.54. The van der Waals surface area contributed by atoms with Crippen molar-refractivity contribution in [2.45, 2.75) is 26.1 Å². The minimum Gasteiger partial charge on any atom is -0.392 e. The van der Waals surface area contributed by atoms with E-state index in [9.17, 15) is 4.79 Å². The summed E-state index contributed by atoms with van der Waals surface area (Å²) in [6.07, 6.45) is 0. The molecule has 0 atom stereocenters. The minimum atomic E-state index is -0.852. The molecule has 0 unspecified atom stereocenters. The minimum absolute atomic E-state index is 0.00219. The second-order valence-corrected chi connectivity index (χ2v) is 4.02. The molecular formula is C12H17NO3. The van der Waals surface area contributed by atoms with E-state index in [-0.39, 0.29) is 12.5 Å². The van der Waals surface area contributed by atoms with Gasteiger partial charge in [0.25, 0.3) is 5.91 Å². The van der Waals surface area contributed by atoms with Crippen LogP contribution in [0.25, 0.3) is 0 Å². The van der Waals surface area contributed by atoms with Gasteiger partial charge in [-0.15, -0.1) is 0 Å². The Kier molecular flexibility index (Phi) is 4.04. The van der Waals surface area contributed by atoms with Gasteiger partial charge in [0.05, 0.1) is 6.61 Å². The van der Waals surface area contributed by atoms with Crippen LogP contribution in [-0.4, -0.2) is 23.7 Å². The standard InChI is InChI=1S/C12H17NO3/c1-12(2,16-3)11(15)13-10-6-4-9(8-14)5-7-10/h4-7,14H,8H2,1-3H3,(H,13,15). The molecule has 1 aromatic rings. The van der Waals surface area contributed by atoms with E-state index in [0.29, 0.717) is 5.69 Å². The van der Waals surface area contributed by atoms with E-state index in [4.69, 9.17) is 9.84 Å². The van der Waals surface area contributed by atoms with Gasteiger partial charge in [0.2, 0.25) is 0 Å². The van der Waals surface area contributed by atoms with Crippen molar-refractivity contribution in [3.05, 3.63) is 29.8 Å². The molecule has 0 aliphatic carbocycles. The quantitative estimate of drug-likeness (QED) is 0.814. The van der Waals surface area contributed by atoms with Crippen LogP contribution in [0.2, 0.25) is 0 Å². The second-order valence-electron chi connectivity index (χ2n) is 4.02. The lowest BCUT2D eigenvalue weighted by Gasteiger charge is -2.21. The number of ether oxygens (including phenoxy) is 1. The van der Waals surface area contributed by atoms with Crippen LogP contribution in [0.1, 0.15) is 19.4 Å². The first kappa shape index (κ1) is 12.7. The number of benzene rings is 1. The van der Waals surface area contributed by atoms with Crippen molar-refractivity contribution in [3.8, 4) is 0 Å². The highest BCUT2D eigenvalue weighted by Gasteiger charge is 2.26. The molecule has 0 saturated heterocycles. The Morgan fingerprint density at radius 2 is 1.94 bits per heavy atom. The Hall–Kier alpha value is -1.39. The van der Waals surface area contributed by atoms with Crippen LogP contribution in [0.4, 0.5) is 5.69 Å². The van der Waals surface area contributed by atoms with E-state index in [1.54, 1.807) is 38.1 Å². The van der Waals surface area contributed by atoms with Crippen LogP contribution in [0.5, 0.6) is 0 Å². The van der Waals surface area contributed by atoms with Crippen LogP contribution >= 0.6 is 0 Å². The molecule has 0 aromatic heterocycles. The van der Waals surface area contributed by atoms with Gasteiger partial charge in [-0.3, -0.25) is 4.79 Å². The van der Waals surface area contributed by atoms with E-state index in [2.05, 4.69) is 5.32 Å². The average Bonchev–Trinajstić information content (AvgIpc) is 2.30. The topological polar surface area (TPSA) is 58.6 Å². The maximum atomic E-state index is 11.7. The Balaban J connectivity index is 2.70. The molecule has 0 spiro atoms. The number of hydrogen-bond acceptors (Lipinski definition) is 3. The molecule has 2 N–H and O–H groups in total. The van der Waals surface area contributed by atoms with Crippen molar-refractivity contribution in [3.63, 3.8) is 0 Å². The number of aliphatic hydroxyl groups is 1. The number of rotatable bonds is 4. The van der Waals surface area contributed by atoms with Crippen molar-refractivity contribution >= 4 is 11.6 Å². The van der Waals surface area contributed by atoms with Gasteiger partial charge < -0.3 is 15.2 Å². The van der Waals surface area contributed by atoms with Crippen molar-refractivity contribution in [2.24, 2.45) is 0 Å². The first-order chi connectivity index (χ1) is 7.49. The number of aliphatic hydroxyl groups excluding tert-OH is 1. The van der Waals surface area contributed by atoms with Crippen LogP contribution < -0.4 is 5.32 Å². The maximum absolute atomic E-state index is 11.7. The molecule has 4 heteroatoms. The van der Waals surface area contributed by atoms with E-state index < -0.39 is 5.60 Å². The molecule has 1 rings (SSSR count). The lowest BCUT2D eigenvalue weighted by molar-refractivity contribution is -0.133. The lowest BCUT2D eigenvalue weighted by atomic mass is 10.1. The monoisotopic (exact) mass is 223 g/mol. The van der Waals surface area contributed by atoms with Gasteiger partial charge in [-0.25, -0.2) is 0 Å². The summed E-state index contributed by atoms with van der Waals surface area (Å²) >= 11 is 0. The molecule has 0 aliphatic rings. The molecule has 0 heterocycles. The summed E-state index contributed by atoms with van der Waals surface area (Å²) in [5.41, 5.74) is 0.645. The summed E-state index contributed by atoms with van der Waals surface area (Å²) in [4.78, 5) is 11.7. The van der Waals surface area contributed by atoms with Crippen molar-refractivity contribution in [1.29, 1.82) is 0 Å². The van der Waals surface area contributed by atoms with Gasteiger partial charge in [-0.1, -0.05) is 12.1 Å². The fraction of sp³-hybridized carbons (Fsp3) is 0.417. The van der Waals surface area contributed by atoms with Gasteiger partial charge in [0, 0.05) is 12.8 Å². The molecule has 0 fully saturated rings. The Morgan fingerprint density at radius 3 is 2.38 bits per heavy atom. The molecule has 0 bridgehead atoms. The normalized spacial score (nSPS) is 11.2. The number of carbonyl (C=O) groups excluding carboxylic acids is 1. The molecule has 0 saturated carbocycles. The summed E-state index contributed by atoms with van der Waals surface area (Å²) in [6, 6.07) is 7.01. The highest BCUT2D eigenvalue weighted by Crippen LogP contribution is 2.14. The highest BCUT2D eigenvalue weighted by atomic mass is 16.5. The largest absolute Gasteiger partial charge is 0.392 e. The van der Waals surface area contributed by atoms with E-state index >= 15 is 0 Å². The maximum Gasteiger partial charge on any atom is 0.256 e. The fourth-order valence-corrected chi connectivity index (χ4v) is 1.07. The summed E-state index contributed by atoms with van der Waals surface area (Å²) in [6.45, 7) is 3.40. The molecule has 16 heavy (non-hydrogen) atoms. The third-order valence-corrected chi connectivity index (χ3v) is 2.45. The Labute approximate surface area is 95.2 Å². The summed E-state index contributed by atoms with van der Waals surface area (Å²) in [5, 5.41) is 11.6. The van der Waals surface area contributed by atoms with Crippen LogP contribution in [0.3, 0.4) is 0 Å². The summed E-state index contributed by atoms with van der Waals surface area (Å²) in [7, 11) is 1.49. The summed E-state index contributed by atoms with van der Waals surface area (Å²) < 4.78 is 5.06. The molecule has 4 nitrogen and oxygen atoms in total. The average molecular weight is 223 g/mol. The zero-order chi connectivity index (χ0) is 12.2. The van der Waals surface area contributed by atoms with Crippen LogP contribution in [0.15, 0.2) is 24.3 Å². The first-order valence-corrected chi connectivity index (χ1v) is 5.06. The number of methoxy groups -OCH3 is 1. The number of anilines is 1. The zero-order valence-corrected chi connectivity index (χ0v) is 9.78. The SMILES string of the molecule is COC(C)(C)C(=O)Nc1ccc(CO)cc1. The van der Waals surface area contributed by atoms with Gasteiger partial charge >= 0.3 is 0 Å². The van der Waals surface area contributed by atoms with Crippen LogP contribution in [-0.2, 0) is 16.1 Å². The molecule has 0 aliphatic heterocycles. The molecule has 88 valence electrons. The van der Waals surface area contributed by atoms with Gasteiger partial charge in [-0.2, -0.15) is 0 Å². The van der Waals surface area contributed by atoms with E-state index in [0.717, 1.165) is 5.56 Å². The third kappa shape index (κ3) is 3.05. The summed E-state index contributed by atoms with van der Waals surface area (Å²) in [5.74, 6) is -0.202. The second kappa shape index (κ2) is 5.09. The van der Waals surface area contributed by atoms with Crippen molar-refractivity contribution < 1.29 is 14.6 Å².